The van der Waals surface area contributed by atoms with E-state index in [4.69, 9.17) is 19.3 Å². The Morgan fingerprint density at radius 1 is 1.11 bits per heavy atom. The van der Waals surface area contributed by atoms with Crippen molar-refractivity contribution in [2.24, 2.45) is 0 Å². The minimum Gasteiger partial charge on any atom is -0.494 e. The zero-order valence-corrected chi connectivity index (χ0v) is 10.6. The van der Waals surface area contributed by atoms with Crippen LogP contribution in [0.3, 0.4) is 0 Å². The molecule has 0 spiro atoms. The summed E-state index contributed by atoms with van der Waals surface area (Å²) in [5.74, 6) is 1.15. The Kier molecular flexibility index (Phi) is 5.26. The second kappa shape index (κ2) is 6.70. The average Bonchev–Trinajstić information content (AvgIpc) is 2.38. The Bertz CT molecular complexity index is 419. The molecule has 0 fully saturated rings. The van der Waals surface area contributed by atoms with E-state index in [-0.39, 0.29) is 18.9 Å². The third-order valence-corrected chi connectivity index (χ3v) is 2.32. The van der Waals surface area contributed by atoms with Crippen molar-refractivity contribution in [3.05, 3.63) is 12.1 Å². The van der Waals surface area contributed by atoms with Gasteiger partial charge in [-0.2, -0.15) is 0 Å². The highest BCUT2D eigenvalue weighted by atomic mass is 16.5. The van der Waals surface area contributed by atoms with E-state index in [9.17, 15) is 4.79 Å². The zero-order valence-electron chi connectivity index (χ0n) is 10.6. The molecule has 0 aromatic heterocycles. The van der Waals surface area contributed by atoms with Crippen molar-refractivity contribution in [2.45, 2.75) is 6.42 Å². The fourth-order valence-corrected chi connectivity index (χ4v) is 1.44. The number of hydrogen-bond acceptors (Lipinski definition) is 5. The van der Waals surface area contributed by atoms with Gasteiger partial charge in [-0.15, -0.1) is 0 Å². The van der Waals surface area contributed by atoms with E-state index >= 15 is 0 Å². The molecule has 0 aliphatic rings. The van der Waals surface area contributed by atoms with Crippen molar-refractivity contribution in [2.75, 3.05) is 33.3 Å². The molecule has 0 heterocycles. The molecule has 2 N–H and O–H groups in total. The van der Waals surface area contributed by atoms with Crippen LogP contribution in [-0.4, -0.2) is 38.9 Å². The summed E-state index contributed by atoms with van der Waals surface area (Å²) in [5, 5.41) is 11.3. The summed E-state index contributed by atoms with van der Waals surface area (Å²) in [7, 11) is 4.51. The van der Waals surface area contributed by atoms with Gasteiger partial charge in [0.15, 0.2) is 11.5 Å². The molecule has 6 heteroatoms. The van der Waals surface area contributed by atoms with Gasteiger partial charge in [0.1, 0.15) is 5.75 Å². The number of methoxy groups -OCH3 is 3. The number of nitrogens with one attached hydrogen (secondary N) is 1. The first-order chi connectivity index (χ1) is 8.65. The summed E-state index contributed by atoms with van der Waals surface area (Å²) in [4.78, 5) is 11.4. The summed E-state index contributed by atoms with van der Waals surface area (Å²) in [6.07, 6.45) is 0.0253. The highest BCUT2D eigenvalue weighted by Gasteiger charge is 2.13. The molecule has 0 atom stereocenters. The first-order valence-corrected chi connectivity index (χ1v) is 5.37. The van der Waals surface area contributed by atoms with Crippen LogP contribution in [0.1, 0.15) is 6.42 Å². The molecule has 1 amide bonds. The molecular formula is C12H17NO5. The predicted octanol–water partition coefficient (Wildman–Crippen LogP) is 1.03. The fourth-order valence-electron chi connectivity index (χ4n) is 1.44. The van der Waals surface area contributed by atoms with Crippen molar-refractivity contribution in [3.63, 3.8) is 0 Å². The smallest absolute Gasteiger partial charge is 0.226 e. The van der Waals surface area contributed by atoms with Gasteiger partial charge in [-0.25, -0.2) is 0 Å². The van der Waals surface area contributed by atoms with E-state index in [0.29, 0.717) is 22.9 Å². The summed E-state index contributed by atoms with van der Waals surface area (Å²) < 4.78 is 15.4. The average molecular weight is 255 g/mol. The molecule has 6 nitrogen and oxygen atoms in total. The Balaban J connectivity index is 3.05. The number of aliphatic hydroxyl groups is 1. The molecule has 0 saturated heterocycles. The molecule has 1 rings (SSSR count). The minimum atomic E-state index is -0.303. The first kappa shape index (κ1) is 14.1. The molecule has 18 heavy (non-hydrogen) atoms. The van der Waals surface area contributed by atoms with Crippen LogP contribution in [0.4, 0.5) is 5.69 Å². The second-order valence-electron chi connectivity index (χ2n) is 3.43. The van der Waals surface area contributed by atoms with Gasteiger partial charge in [0.05, 0.1) is 40.0 Å². The van der Waals surface area contributed by atoms with Crippen LogP contribution in [0.2, 0.25) is 0 Å². The minimum absolute atomic E-state index is 0.0253. The van der Waals surface area contributed by atoms with Gasteiger partial charge in [0.2, 0.25) is 5.91 Å². The van der Waals surface area contributed by atoms with E-state index in [1.165, 1.54) is 21.3 Å². The number of aliphatic hydroxyl groups excluding tert-OH is 1. The molecule has 1 aromatic carbocycles. The normalized spacial score (nSPS) is 9.78. The number of carbonyl (C=O) groups is 1. The number of ether oxygens (including phenoxy) is 3. The lowest BCUT2D eigenvalue weighted by Gasteiger charge is -2.14. The number of benzene rings is 1. The summed E-state index contributed by atoms with van der Waals surface area (Å²) >= 11 is 0. The van der Waals surface area contributed by atoms with Gasteiger partial charge in [0.25, 0.3) is 0 Å². The van der Waals surface area contributed by atoms with Crippen LogP contribution in [0.15, 0.2) is 12.1 Å². The highest BCUT2D eigenvalue weighted by Crippen LogP contribution is 2.37. The fraction of sp³-hybridized carbons (Fsp3) is 0.417. The van der Waals surface area contributed by atoms with Gasteiger partial charge in [-0.3, -0.25) is 4.79 Å². The van der Waals surface area contributed by atoms with Crippen LogP contribution >= 0.6 is 0 Å². The lowest BCUT2D eigenvalue weighted by molar-refractivity contribution is -0.116. The SMILES string of the molecule is COc1cc(OC)c(OC)cc1NC(=O)CCO. The topological polar surface area (TPSA) is 77.0 Å². The zero-order chi connectivity index (χ0) is 13.5. The van der Waals surface area contributed by atoms with E-state index in [0.717, 1.165) is 0 Å². The maximum Gasteiger partial charge on any atom is 0.226 e. The molecule has 100 valence electrons. The molecule has 0 unspecified atom stereocenters. The molecule has 1 aromatic rings. The summed E-state index contributed by atoms with van der Waals surface area (Å²) in [5.41, 5.74) is 0.466. The summed E-state index contributed by atoms with van der Waals surface area (Å²) in [6.45, 7) is -0.207. The number of hydrogen-bond donors (Lipinski definition) is 2. The Morgan fingerprint density at radius 2 is 1.67 bits per heavy atom. The Morgan fingerprint density at radius 3 is 2.17 bits per heavy atom. The number of carbonyl (C=O) groups excluding carboxylic acids is 1. The van der Waals surface area contributed by atoms with E-state index < -0.39 is 0 Å². The van der Waals surface area contributed by atoms with Crippen molar-refractivity contribution in [3.8, 4) is 17.2 Å². The maximum atomic E-state index is 11.4. The molecular weight excluding hydrogens is 238 g/mol. The van der Waals surface area contributed by atoms with E-state index in [1.807, 2.05) is 0 Å². The molecule has 0 bridgehead atoms. The number of anilines is 1. The molecule has 0 aliphatic carbocycles. The second-order valence-corrected chi connectivity index (χ2v) is 3.43. The van der Waals surface area contributed by atoms with Crippen LogP contribution in [0.25, 0.3) is 0 Å². The molecule has 0 saturated carbocycles. The number of amides is 1. The quantitative estimate of drug-likeness (QED) is 0.794. The van der Waals surface area contributed by atoms with Crippen molar-refractivity contribution < 1.29 is 24.1 Å². The van der Waals surface area contributed by atoms with Crippen molar-refractivity contribution in [1.82, 2.24) is 0 Å². The van der Waals surface area contributed by atoms with E-state index in [1.54, 1.807) is 12.1 Å². The molecule has 0 aliphatic heterocycles. The summed E-state index contributed by atoms with van der Waals surface area (Å²) in [6, 6.07) is 3.22. The lowest BCUT2D eigenvalue weighted by Crippen LogP contribution is -2.13. The third-order valence-electron chi connectivity index (χ3n) is 2.32. The van der Waals surface area contributed by atoms with Gasteiger partial charge in [-0.1, -0.05) is 0 Å². The Labute approximate surface area is 105 Å². The third kappa shape index (κ3) is 3.27. The largest absolute Gasteiger partial charge is 0.494 e. The standard InChI is InChI=1S/C12H17NO5/c1-16-9-7-11(18-3)10(17-2)6-8(9)13-12(15)4-5-14/h6-7,14H,4-5H2,1-3H3,(H,13,15). The van der Waals surface area contributed by atoms with Gasteiger partial charge < -0.3 is 24.6 Å². The van der Waals surface area contributed by atoms with Crippen LogP contribution in [0.5, 0.6) is 17.2 Å². The molecule has 0 radical (unpaired) electrons. The van der Waals surface area contributed by atoms with Gasteiger partial charge >= 0.3 is 0 Å². The number of rotatable bonds is 6. The Hall–Kier alpha value is -1.95. The van der Waals surface area contributed by atoms with Gasteiger partial charge in [0, 0.05) is 12.1 Å². The lowest BCUT2D eigenvalue weighted by atomic mass is 10.2. The monoisotopic (exact) mass is 255 g/mol. The van der Waals surface area contributed by atoms with Crippen LogP contribution < -0.4 is 19.5 Å². The van der Waals surface area contributed by atoms with Crippen molar-refractivity contribution in [1.29, 1.82) is 0 Å². The van der Waals surface area contributed by atoms with Crippen molar-refractivity contribution >= 4 is 11.6 Å². The first-order valence-electron chi connectivity index (χ1n) is 5.37. The van der Waals surface area contributed by atoms with Crippen LogP contribution in [0, 0.1) is 0 Å². The van der Waals surface area contributed by atoms with Gasteiger partial charge in [-0.05, 0) is 0 Å². The maximum absolute atomic E-state index is 11.4. The van der Waals surface area contributed by atoms with Crippen LogP contribution in [-0.2, 0) is 4.79 Å². The van der Waals surface area contributed by atoms with E-state index in [2.05, 4.69) is 5.32 Å². The predicted molar refractivity (Wildman–Crippen MR) is 66.4 cm³/mol. The highest BCUT2D eigenvalue weighted by molar-refractivity contribution is 5.92.